The van der Waals surface area contributed by atoms with E-state index >= 15 is 0 Å². The monoisotopic (exact) mass is 474 g/mol. The van der Waals surface area contributed by atoms with Crippen LogP contribution in [0.25, 0.3) is 0 Å². The van der Waals surface area contributed by atoms with Crippen LogP contribution in [0.2, 0.25) is 0 Å². The van der Waals surface area contributed by atoms with Crippen LogP contribution in [0.1, 0.15) is 44.4 Å². The highest BCUT2D eigenvalue weighted by atomic mass is 16.2. The van der Waals surface area contributed by atoms with Gasteiger partial charge in [-0.25, -0.2) is 0 Å². The van der Waals surface area contributed by atoms with Crippen LogP contribution in [0, 0.1) is 11.8 Å². The van der Waals surface area contributed by atoms with Gasteiger partial charge in [0.2, 0.25) is 5.91 Å². The lowest BCUT2D eigenvalue weighted by Gasteiger charge is -2.42. The summed E-state index contributed by atoms with van der Waals surface area (Å²) in [6, 6.07) is 21.8. The molecule has 3 aliphatic rings. The van der Waals surface area contributed by atoms with Gasteiger partial charge in [-0.15, -0.1) is 0 Å². The molecular weight excluding hydrogens is 432 g/mol. The van der Waals surface area contributed by atoms with Crippen LogP contribution in [0.5, 0.6) is 0 Å². The molecule has 0 aromatic heterocycles. The number of benzene rings is 2. The number of piperazine rings is 2. The van der Waals surface area contributed by atoms with Gasteiger partial charge in [0.1, 0.15) is 0 Å². The zero-order chi connectivity index (χ0) is 24.4. The van der Waals surface area contributed by atoms with Gasteiger partial charge in [-0.3, -0.25) is 14.6 Å². The van der Waals surface area contributed by atoms with Crippen LogP contribution in [0.15, 0.2) is 60.7 Å². The highest BCUT2D eigenvalue weighted by Crippen LogP contribution is 2.41. The van der Waals surface area contributed by atoms with Crippen molar-refractivity contribution in [1.29, 1.82) is 0 Å². The van der Waals surface area contributed by atoms with Gasteiger partial charge in [0.15, 0.2) is 0 Å². The Kier molecular flexibility index (Phi) is 7.29. The van der Waals surface area contributed by atoms with Crippen LogP contribution in [-0.2, 0) is 4.79 Å². The van der Waals surface area contributed by atoms with Crippen LogP contribution in [0.4, 0.5) is 0 Å². The molecular formula is C30H42N4O. The smallest absolute Gasteiger partial charge is 0.226 e. The normalized spacial score (nSPS) is 24.6. The van der Waals surface area contributed by atoms with Gasteiger partial charge >= 0.3 is 0 Å². The van der Waals surface area contributed by atoms with Crippen molar-refractivity contribution in [2.75, 3.05) is 58.9 Å². The van der Waals surface area contributed by atoms with Gasteiger partial charge < -0.3 is 9.80 Å². The Morgan fingerprint density at radius 2 is 1.34 bits per heavy atom. The van der Waals surface area contributed by atoms with Gasteiger partial charge in [0.25, 0.3) is 0 Å². The maximum absolute atomic E-state index is 13.3. The molecule has 0 radical (unpaired) electrons. The summed E-state index contributed by atoms with van der Waals surface area (Å²) >= 11 is 0. The van der Waals surface area contributed by atoms with Crippen LogP contribution in [0.3, 0.4) is 0 Å². The third-order valence-electron chi connectivity index (χ3n) is 8.28. The summed E-state index contributed by atoms with van der Waals surface area (Å²) < 4.78 is 0. The van der Waals surface area contributed by atoms with E-state index in [1.807, 2.05) is 0 Å². The molecule has 35 heavy (non-hydrogen) atoms. The molecule has 0 bridgehead atoms. The predicted octanol–water partition coefficient (Wildman–Crippen LogP) is 3.97. The van der Waals surface area contributed by atoms with Crippen molar-refractivity contribution in [2.24, 2.45) is 11.8 Å². The molecule has 2 saturated heterocycles. The average Bonchev–Trinajstić information content (AvgIpc) is 3.64. The molecule has 0 N–H and O–H groups in total. The zero-order valence-corrected chi connectivity index (χ0v) is 21.8. The van der Waals surface area contributed by atoms with Crippen molar-refractivity contribution < 1.29 is 4.79 Å². The Balaban J connectivity index is 1.13. The van der Waals surface area contributed by atoms with E-state index in [9.17, 15) is 4.79 Å². The van der Waals surface area contributed by atoms with Crippen molar-refractivity contribution in [3.63, 3.8) is 0 Å². The van der Waals surface area contributed by atoms with Crippen molar-refractivity contribution in [3.05, 3.63) is 71.8 Å². The van der Waals surface area contributed by atoms with Gasteiger partial charge in [0.05, 0.1) is 6.04 Å². The van der Waals surface area contributed by atoms with Crippen LogP contribution >= 0.6 is 0 Å². The van der Waals surface area contributed by atoms with E-state index < -0.39 is 0 Å². The van der Waals surface area contributed by atoms with E-state index in [1.54, 1.807) is 0 Å². The van der Waals surface area contributed by atoms with Gasteiger partial charge in [-0.1, -0.05) is 60.7 Å². The van der Waals surface area contributed by atoms with Crippen molar-refractivity contribution in [3.8, 4) is 0 Å². The van der Waals surface area contributed by atoms with Crippen molar-refractivity contribution >= 4 is 5.91 Å². The molecule has 5 nitrogen and oxygen atoms in total. The quantitative estimate of drug-likeness (QED) is 0.634. The molecule has 1 amide bonds. The second kappa shape index (κ2) is 10.4. The molecule has 2 aromatic carbocycles. The fourth-order valence-corrected chi connectivity index (χ4v) is 6.00. The first kappa shape index (κ1) is 24.5. The highest BCUT2D eigenvalue weighted by molar-refractivity contribution is 5.81. The number of nitrogens with zero attached hydrogens (tertiary/aromatic N) is 4. The molecule has 2 unspecified atom stereocenters. The number of rotatable bonds is 6. The van der Waals surface area contributed by atoms with Gasteiger partial charge in [0, 0.05) is 70.4 Å². The van der Waals surface area contributed by atoms with E-state index in [-0.39, 0.29) is 17.5 Å². The SMILES string of the molecule is CC(C)(C)N1CCN(CC2CC2C(=O)N2CCN(C(c3ccccc3)c3ccccc3)CC2)CC1. The van der Waals surface area contributed by atoms with E-state index in [0.29, 0.717) is 11.8 Å². The maximum atomic E-state index is 13.3. The molecule has 1 saturated carbocycles. The Bertz CT molecular complexity index is 917. The number of carbonyl (C=O) groups is 1. The van der Waals surface area contributed by atoms with Crippen LogP contribution < -0.4 is 0 Å². The second-order valence-electron chi connectivity index (χ2n) is 11.6. The molecule has 188 valence electrons. The number of carbonyl (C=O) groups excluding carboxylic acids is 1. The minimum Gasteiger partial charge on any atom is -0.340 e. The fourth-order valence-electron chi connectivity index (χ4n) is 6.00. The zero-order valence-electron chi connectivity index (χ0n) is 21.8. The summed E-state index contributed by atoms with van der Waals surface area (Å²) in [6.07, 6.45) is 1.08. The first-order valence-corrected chi connectivity index (χ1v) is 13.5. The van der Waals surface area contributed by atoms with E-state index in [0.717, 1.165) is 65.3 Å². The number of hydrogen-bond acceptors (Lipinski definition) is 4. The van der Waals surface area contributed by atoms with Gasteiger partial charge in [-0.2, -0.15) is 0 Å². The lowest BCUT2D eigenvalue weighted by Crippen LogP contribution is -2.53. The largest absolute Gasteiger partial charge is 0.340 e. The number of amides is 1. The maximum Gasteiger partial charge on any atom is 0.226 e. The molecule has 2 aliphatic heterocycles. The second-order valence-corrected chi connectivity index (χ2v) is 11.6. The average molecular weight is 475 g/mol. The minimum atomic E-state index is 0.245. The first-order chi connectivity index (χ1) is 16.9. The molecule has 5 heteroatoms. The Morgan fingerprint density at radius 3 is 1.86 bits per heavy atom. The van der Waals surface area contributed by atoms with Crippen molar-refractivity contribution in [2.45, 2.75) is 38.8 Å². The van der Waals surface area contributed by atoms with E-state index in [4.69, 9.17) is 0 Å². The van der Waals surface area contributed by atoms with Gasteiger partial charge in [-0.05, 0) is 44.2 Å². The minimum absolute atomic E-state index is 0.245. The van der Waals surface area contributed by atoms with E-state index in [1.165, 1.54) is 11.1 Å². The molecule has 2 heterocycles. The first-order valence-electron chi connectivity index (χ1n) is 13.5. The Hall–Kier alpha value is -2.21. The summed E-state index contributed by atoms with van der Waals surface area (Å²) in [5, 5.41) is 0. The Morgan fingerprint density at radius 1 is 0.800 bits per heavy atom. The molecule has 1 aliphatic carbocycles. The molecule has 2 aromatic rings. The Labute approximate surface area is 211 Å². The number of hydrogen-bond donors (Lipinski definition) is 0. The lowest BCUT2D eigenvalue weighted by molar-refractivity contribution is -0.135. The standard InChI is InChI=1S/C30H42N4O/c1-30(2,3)34-20-14-31(15-21-34)23-26-22-27(26)29(35)33-18-16-32(17-19-33)28(24-10-6-4-7-11-24)25-12-8-5-9-13-25/h4-13,26-28H,14-23H2,1-3H3. The summed E-state index contributed by atoms with van der Waals surface area (Å²) in [4.78, 5) is 23.2. The summed E-state index contributed by atoms with van der Waals surface area (Å²) in [5.41, 5.74) is 2.91. The fraction of sp³-hybridized carbons (Fsp3) is 0.567. The predicted molar refractivity (Wildman–Crippen MR) is 142 cm³/mol. The lowest BCUT2D eigenvalue weighted by atomic mass is 9.96. The summed E-state index contributed by atoms with van der Waals surface area (Å²) in [7, 11) is 0. The third kappa shape index (κ3) is 5.79. The third-order valence-corrected chi connectivity index (χ3v) is 8.28. The topological polar surface area (TPSA) is 30.0 Å². The summed E-state index contributed by atoms with van der Waals surface area (Å²) in [6.45, 7) is 16.1. The molecule has 2 atom stereocenters. The van der Waals surface area contributed by atoms with E-state index in [2.05, 4.69) is 101 Å². The molecule has 3 fully saturated rings. The molecule has 5 rings (SSSR count). The van der Waals surface area contributed by atoms with Crippen molar-refractivity contribution in [1.82, 2.24) is 19.6 Å². The highest BCUT2D eigenvalue weighted by Gasteiger charge is 2.46. The summed E-state index contributed by atoms with van der Waals surface area (Å²) in [5.74, 6) is 1.21. The molecule has 0 spiro atoms. The van der Waals surface area contributed by atoms with Crippen LogP contribution in [-0.4, -0.2) is 89.9 Å².